The van der Waals surface area contributed by atoms with Crippen molar-refractivity contribution in [3.8, 4) is 0 Å². The van der Waals surface area contributed by atoms with Crippen LogP contribution in [0, 0.1) is 0 Å². The summed E-state index contributed by atoms with van der Waals surface area (Å²) in [6, 6.07) is 4.49. The molecule has 2 aromatic rings. The monoisotopic (exact) mass is 419 g/mol. The van der Waals surface area contributed by atoms with Gasteiger partial charge in [-0.05, 0) is 43.9 Å². The first kappa shape index (κ1) is 20.0. The van der Waals surface area contributed by atoms with Crippen LogP contribution in [0.1, 0.15) is 31.2 Å². The van der Waals surface area contributed by atoms with E-state index in [4.69, 9.17) is 28.9 Å². The molecule has 146 valence electrons. The molecule has 0 spiro atoms. The molecule has 0 amide bonds. The fraction of sp³-hybridized carbons (Fsp3) is 0.412. The van der Waals surface area contributed by atoms with Crippen molar-refractivity contribution >= 4 is 40.7 Å². The average molecular weight is 420 g/mol. The first-order chi connectivity index (χ1) is 12.7. The van der Waals surface area contributed by atoms with Crippen LogP contribution in [0.5, 0.6) is 0 Å². The zero-order chi connectivity index (χ0) is 19.6. The standard InChI is InChI=1S/C17H18Cl2F3N5/c18-9-4-10(19)6-13(5-9)26-16-24-8-14(17(20,21)22)15(27-16)25-12-3-1-2-11(23)7-12/h4-6,8,11-12H,1-3,7,23H2,(H2,24,25,26,27). The summed E-state index contributed by atoms with van der Waals surface area (Å²) in [7, 11) is 0. The topological polar surface area (TPSA) is 75.9 Å². The summed E-state index contributed by atoms with van der Waals surface area (Å²) >= 11 is 11.9. The minimum atomic E-state index is -4.57. The van der Waals surface area contributed by atoms with Gasteiger partial charge in [0, 0.05) is 34.0 Å². The number of hydrogen-bond acceptors (Lipinski definition) is 5. The molecule has 0 saturated heterocycles. The SMILES string of the molecule is NC1CCCC(Nc2nc(Nc3cc(Cl)cc(Cl)c3)ncc2C(F)(F)F)C1. The molecule has 3 rings (SSSR count). The Hall–Kier alpha value is -1.77. The minimum absolute atomic E-state index is 0.00365. The van der Waals surface area contributed by atoms with Crippen molar-refractivity contribution in [3.05, 3.63) is 40.0 Å². The summed E-state index contributed by atoms with van der Waals surface area (Å²) in [5.74, 6) is -0.267. The maximum absolute atomic E-state index is 13.3. The molecular weight excluding hydrogens is 402 g/mol. The van der Waals surface area contributed by atoms with Gasteiger partial charge in [-0.25, -0.2) is 4.98 Å². The lowest BCUT2D eigenvalue weighted by Gasteiger charge is -2.28. The number of rotatable bonds is 4. The van der Waals surface area contributed by atoms with E-state index in [0.717, 1.165) is 25.5 Å². The van der Waals surface area contributed by atoms with Crippen molar-refractivity contribution in [2.75, 3.05) is 10.6 Å². The molecule has 10 heteroatoms. The molecule has 1 aromatic carbocycles. The van der Waals surface area contributed by atoms with E-state index in [-0.39, 0.29) is 23.8 Å². The molecule has 1 aliphatic rings. The van der Waals surface area contributed by atoms with Crippen LogP contribution in [-0.2, 0) is 6.18 Å². The molecule has 0 radical (unpaired) electrons. The molecule has 1 heterocycles. The van der Waals surface area contributed by atoms with Crippen LogP contribution < -0.4 is 16.4 Å². The second kappa shape index (κ2) is 8.08. The van der Waals surface area contributed by atoms with E-state index in [1.54, 1.807) is 18.2 Å². The highest BCUT2D eigenvalue weighted by molar-refractivity contribution is 6.35. The van der Waals surface area contributed by atoms with Gasteiger partial charge in [0.05, 0.1) is 0 Å². The second-order valence-electron chi connectivity index (χ2n) is 6.50. The second-order valence-corrected chi connectivity index (χ2v) is 7.38. The van der Waals surface area contributed by atoms with Gasteiger partial charge in [0.1, 0.15) is 11.4 Å². The van der Waals surface area contributed by atoms with E-state index in [0.29, 0.717) is 22.2 Å². The third-order valence-electron chi connectivity index (χ3n) is 4.27. The number of anilines is 3. The molecule has 1 saturated carbocycles. The average Bonchev–Trinajstić information content (AvgIpc) is 2.53. The predicted molar refractivity (Wildman–Crippen MR) is 101 cm³/mol. The lowest BCUT2D eigenvalue weighted by molar-refractivity contribution is -0.137. The molecule has 2 unspecified atom stereocenters. The molecule has 5 nitrogen and oxygen atoms in total. The van der Waals surface area contributed by atoms with Crippen LogP contribution in [0.4, 0.5) is 30.6 Å². The van der Waals surface area contributed by atoms with Crippen molar-refractivity contribution in [2.45, 2.75) is 43.9 Å². The number of nitrogens with zero attached hydrogens (tertiary/aromatic N) is 2. The van der Waals surface area contributed by atoms with Crippen LogP contribution in [-0.4, -0.2) is 22.1 Å². The van der Waals surface area contributed by atoms with Crippen LogP contribution in [0.3, 0.4) is 0 Å². The molecule has 1 fully saturated rings. The summed E-state index contributed by atoms with van der Waals surface area (Å²) in [6.07, 6.45) is -0.757. The van der Waals surface area contributed by atoms with E-state index in [1.807, 2.05) is 0 Å². The quantitative estimate of drug-likeness (QED) is 0.632. The predicted octanol–water partition coefficient (Wildman–Crippen LogP) is 5.23. The van der Waals surface area contributed by atoms with E-state index in [1.165, 1.54) is 0 Å². The Kier molecular flexibility index (Phi) is 5.98. The Morgan fingerprint density at radius 2 is 1.81 bits per heavy atom. The summed E-state index contributed by atoms with van der Waals surface area (Å²) in [6.45, 7) is 0. The number of halogens is 5. The van der Waals surface area contributed by atoms with Gasteiger partial charge in [-0.15, -0.1) is 0 Å². The zero-order valence-corrected chi connectivity index (χ0v) is 15.7. The van der Waals surface area contributed by atoms with E-state index in [2.05, 4.69) is 20.6 Å². The summed E-state index contributed by atoms with van der Waals surface area (Å²) < 4.78 is 40.0. The summed E-state index contributed by atoms with van der Waals surface area (Å²) in [5.41, 5.74) is 5.48. The number of nitrogens with two attached hydrogens (primary N) is 1. The molecule has 2 atom stereocenters. The first-order valence-electron chi connectivity index (χ1n) is 8.40. The molecule has 0 aliphatic heterocycles. The number of alkyl halides is 3. The van der Waals surface area contributed by atoms with Crippen molar-refractivity contribution < 1.29 is 13.2 Å². The van der Waals surface area contributed by atoms with Gasteiger partial charge < -0.3 is 16.4 Å². The maximum atomic E-state index is 13.3. The van der Waals surface area contributed by atoms with Gasteiger partial charge in [-0.2, -0.15) is 18.2 Å². The van der Waals surface area contributed by atoms with Crippen LogP contribution >= 0.6 is 23.2 Å². The van der Waals surface area contributed by atoms with Crippen LogP contribution in [0.25, 0.3) is 0 Å². The van der Waals surface area contributed by atoms with Gasteiger partial charge in [0.25, 0.3) is 0 Å². The Morgan fingerprint density at radius 1 is 1.11 bits per heavy atom. The number of nitrogens with one attached hydrogen (secondary N) is 2. The van der Waals surface area contributed by atoms with E-state index < -0.39 is 11.7 Å². The minimum Gasteiger partial charge on any atom is -0.367 e. The molecule has 1 aliphatic carbocycles. The largest absolute Gasteiger partial charge is 0.421 e. The maximum Gasteiger partial charge on any atom is 0.421 e. The lowest BCUT2D eigenvalue weighted by atomic mass is 9.91. The Morgan fingerprint density at radius 3 is 2.44 bits per heavy atom. The van der Waals surface area contributed by atoms with Gasteiger partial charge in [0.15, 0.2) is 0 Å². The normalized spacial score (nSPS) is 20.4. The summed E-state index contributed by atoms with van der Waals surface area (Å²) in [5, 5.41) is 6.48. The smallest absolute Gasteiger partial charge is 0.367 e. The highest BCUT2D eigenvalue weighted by Gasteiger charge is 2.36. The molecule has 4 N–H and O–H groups in total. The number of aromatic nitrogens is 2. The van der Waals surface area contributed by atoms with Gasteiger partial charge in [-0.1, -0.05) is 23.2 Å². The van der Waals surface area contributed by atoms with Gasteiger partial charge in [0.2, 0.25) is 5.95 Å². The lowest BCUT2D eigenvalue weighted by Crippen LogP contribution is -2.35. The van der Waals surface area contributed by atoms with Gasteiger partial charge >= 0.3 is 6.18 Å². The van der Waals surface area contributed by atoms with Gasteiger partial charge in [-0.3, -0.25) is 0 Å². The number of benzene rings is 1. The fourth-order valence-electron chi connectivity index (χ4n) is 3.07. The first-order valence-corrected chi connectivity index (χ1v) is 9.16. The molecular formula is C17H18Cl2F3N5. The zero-order valence-electron chi connectivity index (χ0n) is 14.2. The van der Waals surface area contributed by atoms with Crippen molar-refractivity contribution in [1.29, 1.82) is 0 Å². The molecule has 1 aromatic heterocycles. The Balaban J connectivity index is 1.88. The third-order valence-corrected chi connectivity index (χ3v) is 4.70. The fourth-order valence-corrected chi connectivity index (χ4v) is 3.59. The summed E-state index contributed by atoms with van der Waals surface area (Å²) in [4.78, 5) is 7.81. The van der Waals surface area contributed by atoms with Crippen molar-refractivity contribution in [2.24, 2.45) is 5.73 Å². The van der Waals surface area contributed by atoms with Crippen molar-refractivity contribution in [1.82, 2.24) is 9.97 Å². The molecule has 27 heavy (non-hydrogen) atoms. The van der Waals surface area contributed by atoms with Crippen LogP contribution in [0.2, 0.25) is 10.0 Å². The van der Waals surface area contributed by atoms with E-state index >= 15 is 0 Å². The Labute approximate surface area is 164 Å². The highest BCUT2D eigenvalue weighted by atomic mass is 35.5. The molecule has 0 bridgehead atoms. The highest BCUT2D eigenvalue weighted by Crippen LogP contribution is 2.35. The van der Waals surface area contributed by atoms with Crippen LogP contribution in [0.15, 0.2) is 24.4 Å². The Bertz CT molecular complexity index is 795. The number of hydrogen-bond donors (Lipinski definition) is 3. The van der Waals surface area contributed by atoms with Crippen molar-refractivity contribution in [3.63, 3.8) is 0 Å². The third kappa shape index (κ3) is 5.37. The van der Waals surface area contributed by atoms with E-state index in [9.17, 15) is 13.2 Å².